The molecule has 2 aromatic carbocycles. The minimum absolute atomic E-state index is 0.137. The van der Waals surface area contributed by atoms with E-state index >= 15 is 0 Å². The molecule has 0 atom stereocenters. The third-order valence-corrected chi connectivity index (χ3v) is 7.76. The van der Waals surface area contributed by atoms with Gasteiger partial charge in [0.2, 0.25) is 10.0 Å². The fraction of sp³-hybridized carbons (Fsp3) is 0.348. The van der Waals surface area contributed by atoms with E-state index < -0.39 is 21.7 Å². The van der Waals surface area contributed by atoms with Gasteiger partial charge in [-0.05, 0) is 43.2 Å². The summed E-state index contributed by atoms with van der Waals surface area (Å²) in [7, 11) is -3.85. The van der Waals surface area contributed by atoms with Crippen LogP contribution in [-0.2, 0) is 10.0 Å². The van der Waals surface area contributed by atoms with Crippen molar-refractivity contribution in [2.45, 2.75) is 31.6 Å². The third-order valence-electron chi connectivity index (χ3n) is 5.72. The van der Waals surface area contributed by atoms with E-state index in [1.165, 1.54) is 10.4 Å². The summed E-state index contributed by atoms with van der Waals surface area (Å²) in [5.41, 5.74) is 0.913. The molecule has 1 amide bonds. The summed E-state index contributed by atoms with van der Waals surface area (Å²) in [6.45, 7) is 5.53. The summed E-state index contributed by atoms with van der Waals surface area (Å²) in [4.78, 5) is 24.2. The minimum atomic E-state index is -3.85. The van der Waals surface area contributed by atoms with Crippen molar-refractivity contribution in [2.24, 2.45) is 0 Å². The number of aromatic nitrogens is 2. The molecule has 1 saturated heterocycles. The molecule has 0 spiro atoms. The molecule has 0 saturated carbocycles. The smallest absolute Gasteiger partial charge is 0.259 e. The van der Waals surface area contributed by atoms with Crippen LogP contribution in [0.4, 0.5) is 16.0 Å². The summed E-state index contributed by atoms with van der Waals surface area (Å²) in [6, 6.07) is 10.5. The summed E-state index contributed by atoms with van der Waals surface area (Å²) < 4.78 is 41.6. The Kier molecular flexibility index (Phi) is 6.57. The first kappa shape index (κ1) is 23.1. The van der Waals surface area contributed by atoms with Crippen molar-refractivity contribution in [1.82, 2.24) is 14.3 Å². The molecule has 2 heterocycles. The topological polar surface area (TPSA) is 95.5 Å². The lowest BCUT2D eigenvalue weighted by molar-refractivity contribution is 0.102. The largest absolute Gasteiger partial charge is 0.354 e. The molecule has 0 unspecified atom stereocenters. The van der Waals surface area contributed by atoms with Crippen molar-refractivity contribution in [3.63, 3.8) is 0 Å². The van der Waals surface area contributed by atoms with Gasteiger partial charge < -0.3 is 10.2 Å². The average Bonchev–Trinajstić information content (AvgIpc) is 3.34. The lowest BCUT2D eigenvalue weighted by atomic mass is 10.2. The number of nitrogens with zero attached hydrogens (tertiary/aromatic N) is 4. The lowest BCUT2D eigenvalue weighted by Gasteiger charge is -2.21. The van der Waals surface area contributed by atoms with Crippen LogP contribution in [0.15, 0.2) is 47.4 Å². The van der Waals surface area contributed by atoms with Gasteiger partial charge in [0.1, 0.15) is 5.82 Å². The van der Waals surface area contributed by atoms with Gasteiger partial charge in [0.15, 0.2) is 11.6 Å². The number of benzene rings is 2. The van der Waals surface area contributed by atoms with Crippen LogP contribution in [0.2, 0.25) is 0 Å². The van der Waals surface area contributed by atoms with Gasteiger partial charge in [-0.25, -0.2) is 22.8 Å². The zero-order valence-corrected chi connectivity index (χ0v) is 19.4. The zero-order valence-electron chi connectivity index (χ0n) is 18.6. The van der Waals surface area contributed by atoms with Crippen LogP contribution in [0.3, 0.4) is 0 Å². The fourth-order valence-electron chi connectivity index (χ4n) is 3.95. The van der Waals surface area contributed by atoms with E-state index in [0.29, 0.717) is 16.9 Å². The molecule has 33 heavy (non-hydrogen) atoms. The van der Waals surface area contributed by atoms with Gasteiger partial charge in [-0.3, -0.25) is 4.79 Å². The molecule has 0 aliphatic carbocycles. The first-order valence-corrected chi connectivity index (χ1v) is 12.4. The lowest BCUT2D eigenvalue weighted by Crippen LogP contribution is -2.31. The van der Waals surface area contributed by atoms with Gasteiger partial charge >= 0.3 is 0 Å². The highest BCUT2D eigenvalue weighted by molar-refractivity contribution is 7.89. The van der Waals surface area contributed by atoms with E-state index in [1.807, 2.05) is 23.1 Å². The number of rotatable bonds is 7. The molecule has 1 aliphatic heterocycles. The van der Waals surface area contributed by atoms with Crippen molar-refractivity contribution < 1.29 is 17.6 Å². The molecule has 0 bridgehead atoms. The maximum absolute atomic E-state index is 14.6. The maximum atomic E-state index is 14.6. The van der Waals surface area contributed by atoms with Gasteiger partial charge in [0.25, 0.3) is 5.91 Å². The van der Waals surface area contributed by atoms with Crippen LogP contribution in [0, 0.1) is 5.82 Å². The second-order valence-corrected chi connectivity index (χ2v) is 9.70. The molecule has 8 nitrogen and oxygen atoms in total. The molecule has 0 radical (unpaired) electrons. The summed E-state index contributed by atoms with van der Waals surface area (Å²) in [5, 5.41) is 2.67. The molecule has 3 aromatic rings. The van der Waals surface area contributed by atoms with Gasteiger partial charge in [0.05, 0.1) is 21.5 Å². The van der Waals surface area contributed by atoms with Gasteiger partial charge in [-0.2, -0.15) is 4.31 Å². The van der Waals surface area contributed by atoms with E-state index in [-0.39, 0.29) is 29.4 Å². The quantitative estimate of drug-likeness (QED) is 0.565. The van der Waals surface area contributed by atoms with Crippen LogP contribution in [0.1, 0.15) is 37.0 Å². The van der Waals surface area contributed by atoms with Crippen LogP contribution >= 0.6 is 0 Å². The molecule has 1 aliphatic rings. The van der Waals surface area contributed by atoms with Crippen molar-refractivity contribution in [2.75, 3.05) is 36.4 Å². The van der Waals surface area contributed by atoms with Crippen LogP contribution < -0.4 is 10.2 Å². The Morgan fingerprint density at radius 2 is 1.70 bits per heavy atom. The summed E-state index contributed by atoms with van der Waals surface area (Å²) in [6.07, 6.45) is 2.00. The Hall–Kier alpha value is -3.11. The SMILES string of the molecule is CCN(CC)S(=O)(=O)c1ccc(F)c(C(=O)Nc2nc3ccccc3nc2N2CCCC2)c1. The normalized spacial score (nSPS) is 14.2. The van der Waals surface area contributed by atoms with Crippen LogP contribution in [-0.4, -0.2) is 54.8 Å². The number of nitrogens with one attached hydrogen (secondary N) is 1. The van der Waals surface area contributed by atoms with E-state index in [0.717, 1.165) is 38.1 Å². The van der Waals surface area contributed by atoms with Crippen molar-refractivity contribution >= 4 is 38.6 Å². The highest BCUT2D eigenvalue weighted by atomic mass is 32.2. The number of fused-ring (bicyclic) bond motifs is 1. The number of halogens is 1. The van der Waals surface area contributed by atoms with Crippen molar-refractivity contribution in [3.05, 3.63) is 53.8 Å². The Bertz CT molecular complexity index is 1290. The number of amides is 1. The Balaban J connectivity index is 1.72. The van der Waals surface area contributed by atoms with Crippen LogP contribution in [0.5, 0.6) is 0 Å². The minimum Gasteiger partial charge on any atom is -0.354 e. The number of carbonyl (C=O) groups is 1. The molecular formula is C23H26FN5O3S. The molecule has 1 N–H and O–H groups in total. The summed E-state index contributed by atoms with van der Waals surface area (Å²) in [5.74, 6) is -0.861. The Morgan fingerprint density at radius 3 is 2.33 bits per heavy atom. The first-order valence-electron chi connectivity index (χ1n) is 11.0. The van der Waals surface area contributed by atoms with E-state index in [1.54, 1.807) is 19.9 Å². The van der Waals surface area contributed by atoms with Gasteiger partial charge in [-0.15, -0.1) is 0 Å². The fourth-order valence-corrected chi connectivity index (χ4v) is 5.44. The molecule has 4 rings (SSSR count). The maximum Gasteiger partial charge on any atom is 0.259 e. The zero-order chi connectivity index (χ0) is 23.6. The second kappa shape index (κ2) is 9.40. The van der Waals surface area contributed by atoms with E-state index in [9.17, 15) is 17.6 Å². The van der Waals surface area contributed by atoms with Crippen LogP contribution in [0.25, 0.3) is 11.0 Å². The van der Waals surface area contributed by atoms with E-state index in [2.05, 4.69) is 15.3 Å². The molecule has 1 aromatic heterocycles. The number of sulfonamides is 1. The van der Waals surface area contributed by atoms with Gasteiger partial charge in [0, 0.05) is 26.2 Å². The number of hydrogen-bond acceptors (Lipinski definition) is 6. The number of hydrogen-bond donors (Lipinski definition) is 1. The highest BCUT2D eigenvalue weighted by Gasteiger charge is 2.26. The predicted molar refractivity (Wildman–Crippen MR) is 125 cm³/mol. The predicted octanol–water partition coefficient (Wildman–Crippen LogP) is 3.65. The van der Waals surface area contributed by atoms with Crippen molar-refractivity contribution in [3.8, 4) is 0 Å². The van der Waals surface area contributed by atoms with Crippen molar-refractivity contribution in [1.29, 1.82) is 0 Å². The van der Waals surface area contributed by atoms with Gasteiger partial charge in [-0.1, -0.05) is 26.0 Å². The standard InChI is InChI=1S/C23H26FN5O3S/c1-3-29(4-2)33(31,32)16-11-12-18(24)17(15-16)23(30)27-21-22(28-13-7-8-14-28)26-20-10-6-5-9-19(20)25-21/h5-6,9-12,15H,3-4,7-8,13-14H2,1-2H3,(H,25,27,30). The van der Waals surface area contributed by atoms with E-state index in [4.69, 9.17) is 0 Å². The Labute approximate surface area is 192 Å². The summed E-state index contributed by atoms with van der Waals surface area (Å²) >= 11 is 0. The molecule has 10 heteroatoms. The number of carbonyl (C=O) groups excluding carboxylic acids is 1. The first-order chi connectivity index (χ1) is 15.8. The average molecular weight is 472 g/mol. The molecule has 1 fully saturated rings. The second-order valence-electron chi connectivity index (χ2n) is 7.76. The Morgan fingerprint density at radius 1 is 1.06 bits per heavy atom. The highest BCUT2D eigenvalue weighted by Crippen LogP contribution is 2.29. The molecule has 174 valence electrons. The number of para-hydroxylation sites is 2. The molecular weight excluding hydrogens is 445 g/mol. The number of anilines is 2. The monoisotopic (exact) mass is 471 g/mol. The third kappa shape index (κ3) is 4.53.